The van der Waals surface area contributed by atoms with Gasteiger partial charge >= 0.3 is 5.97 Å². The van der Waals surface area contributed by atoms with E-state index in [2.05, 4.69) is 0 Å². The molecule has 0 aliphatic rings. The van der Waals surface area contributed by atoms with Crippen LogP contribution in [0.2, 0.25) is 0 Å². The first kappa shape index (κ1) is 11.2. The molecule has 0 aromatic rings. The van der Waals surface area contributed by atoms with E-state index >= 15 is 0 Å². The van der Waals surface area contributed by atoms with Crippen LogP contribution in [0.4, 0.5) is 0 Å². The number of likely N-dealkylation sites (N-methyl/N-ethyl adjacent to an activating group) is 1. The minimum absolute atomic E-state index is 0.223. The van der Waals surface area contributed by atoms with Crippen LogP contribution < -0.4 is 0 Å². The van der Waals surface area contributed by atoms with E-state index in [0.717, 1.165) is 4.48 Å². The molecule has 0 aliphatic carbocycles. The minimum Gasteiger partial charge on any atom is -0.478 e. The number of hydrogen-bond donors (Lipinski definition) is 1. The molecule has 3 heteroatoms. The van der Waals surface area contributed by atoms with Gasteiger partial charge in [0.1, 0.15) is 6.04 Å². The van der Waals surface area contributed by atoms with E-state index < -0.39 is 5.97 Å². The zero-order valence-corrected chi connectivity index (χ0v) is 8.46. The molecule has 70 valence electrons. The van der Waals surface area contributed by atoms with Gasteiger partial charge in [0, 0.05) is 5.57 Å². The summed E-state index contributed by atoms with van der Waals surface area (Å²) in [7, 11) is 6.11. The molecule has 0 saturated heterocycles. The quantitative estimate of drug-likeness (QED) is 0.511. The Bertz CT molecular complexity index is 201. The average molecular weight is 172 g/mol. The fraction of sp³-hybridized carbons (Fsp3) is 0.667. The van der Waals surface area contributed by atoms with Crippen LogP contribution in [0.5, 0.6) is 0 Å². The summed E-state index contributed by atoms with van der Waals surface area (Å²) in [4.78, 5) is 10.5. The molecule has 0 fully saturated rings. The van der Waals surface area contributed by atoms with Crippen molar-refractivity contribution in [2.75, 3.05) is 21.1 Å². The third-order valence-corrected chi connectivity index (χ3v) is 2.05. The molecule has 12 heavy (non-hydrogen) atoms. The smallest absolute Gasteiger partial charge is 0.331 e. The van der Waals surface area contributed by atoms with Crippen LogP contribution in [-0.4, -0.2) is 42.7 Å². The van der Waals surface area contributed by atoms with Crippen LogP contribution in [0.3, 0.4) is 0 Å². The van der Waals surface area contributed by atoms with E-state index in [4.69, 9.17) is 5.11 Å². The van der Waals surface area contributed by atoms with Gasteiger partial charge in [-0.3, -0.25) is 0 Å². The van der Waals surface area contributed by atoms with Crippen LogP contribution in [0.15, 0.2) is 11.6 Å². The van der Waals surface area contributed by atoms with Crippen molar-refractivity contribution in [3.05, 3.63) is 11.6 Å². The Balaban J connectivity index is 4.44. The van der Waals surface area contributed by atoms with E-state index in [1.807, 2.05) is 28.1 Å². The molecule has 0 amide bonds. The molecular formula is C9H18NO2+. The van der Waals surface area contributed by atoms with Crippen LogP contribution >= 0.6 is 0 Å². The summed E-state index contributed by atoms with van der Waals surface area (Å²) in [6.07, 6.45) is 1.78. The standard InChI is InChI=1S/C9H17NO2/c1-7(9(11)12)6-8(2)10(3,4)5/h6,8H,1-5H3/p+1/b7-6+. The van der Waals surface area contributed by atoms with Crippen molar-refractivity contribution >= 4 is 5.97 Å². The Morgan fingerprint density at radius 2 is 1.83 bits per heavy atom. The molecule has 0 spiro atoms. The second-order valence-electron chi connectivity index (χ2n) is 4.01. The van der Waals surface area contributed by atoms with Gasteiger partial charge in [-0.1, -0.05) is 0 Å². The van der Waals surface area contributed by atoms with Crippen molar-refractivity contribution in [3.8, 4) is 0 Å². The first-order chi connectivity index (χ1) is 5.25. The van der Waals surface area contributed by atoms with Crippen LogP contribution in [0.1, 0.15) is 13.8 Å². The van der Waals surface area contributed by atoms with Gasteiger partial charge in [-0.15, -0.1) is 0 Å². The lowest BCUT2D eigenvalue weighted by Gasteiger charge is -2.29. The molecule has 0 radical (unpaired) electrons. The molecule has 1 atom stereocenters. The second-order valence-corrected chi connectivity index (χ2v) is 4.01. The topological polar surface area (TPSA) is 37.3 Å². The molecule has 0 rings (SSSR count). The van der Waals surface area contributed by atoms with Crippen molar-refractivity contribution in [1.82, 2.24) is 0 Å². The minimum atomic E-state index is -0.838. The lowest BCUT2D eigenvalue weighted by atomic mass is 10.2. The molecule has 3 nitrogen and oxygen atoms in total. The third kappa shape index (κ3) is 3.53. The van der Waals surface area contributed by atoms with Crippen molar-refractivity contribution in [1.29, 1.82) is 0 Å². The van der Waals surface area contributed by atoms with Gasteiger partial charge in [-0.05, 0) is 19.9 Å². The highest BCUT2D eigenvalue weighted by molar-refractivity contribution is 5.85. The number of aliphatic carboxylic acids is 1. The van der Waals surface area contributed by atoms with E-state index in [0.29, 0.717) is 5.57 Å². The fourth-order valence-corrected chi connectivity index (χ4v) is 0.657. The monoisotopic (exact) mass is 172 g/mol. The maximum Gasteiger partial charge on any atom is 0.331 e. The van der Waals surface area contributed by atoms with Gasteiger partial charge in [0.25, 0.3) is 0 Å². The van der Waals surface area contributed by atoms with Gasteiger partial charge in [0.2, 0.25) is 0 Å². The number of hydrogen-bond acceptors (Lipinski definition) is 1. The molecule has 1 unspecified atom stereocenters. The normalized spacial score (nSPS) is 15.9. The van der Waals surface area contributed by atoms with E-state index in [-0.39, 0.29) is 6.04 Å². The lowest BCUT2D eigenvalue weighted by molar-refractivity contribution is -0.887. The highest BCUT2D eigenvalue weighted by Gasteiger charge is 2.16. The fourth-order valence-electron chi connectivity index (χ4n) is 0.657. The van der Waals surface area contributed by atoms with Gasteiger partial charge < -0.3 is 9.59 Å². The first-order valence-electron chi connectivity index (χ1n) is 3.98. The summed E-state index contributed by atoms with van der Waals surface area (Å²) >= 11 is 0. The summed E-state index contributed by atoms with van der Waals surface area (Å²) < 4.78 is 0.741. The Morgan fingerprint density at radius 1 is 1.42 bits per heavy atom. The average Bonchev–Trinajstić information content (AvgIpc) is 1.85. The first-order valence-corrected chi connectivity index (χ1v) is 3.98. The van der Waals surface area contributed by atoms with Crippen molar-refractivity contribution in [3.63, 3.8) is 0 Å². The van der Waals surface area contributed by atoms with Gasteiger partial charge in [0.15, 0.2) is 0 Å². The lowest BCUT2D eigenvalue weighted by Crippen LogP contribution is -2.42. The molecule has 0 aliphatic heterocycles. The summed E-state index contributed by atoms with van der Waals surface area (Å²) in [6, 6.07) is 0.223. The molecule has 0 aromatic carbocycles. The Labute approximate surface area is 73.9 Å². The molecule has 1 N–H and O–H groups in total. The predicted octanol–water partition coefficient (Wildman–Crippen LogP) is 1.11. The zero-order valence-electron chi connectivity index (χ0n) is 8.46. The Morgan fingerprint density at radius 3 is 2.08 bits per heavy atom. The van der Waals surface area contributed by atoms with Crippen molar-refractivity contribution in [2.24, 2.45) is 0 Å². The van der Waals surface area contributed by atoms with Crippen molar-refractivity contribution in [2.45, 2.75) is 19.9 Å². The number of carboxylic acids is 1. The zero-order chi connectivity index (χ0) is 9.94. The summed E-state index contributed by atoms with van der Waals surface area (Å²) in [5, 5.41) is 8.62. The number of nitrogens with zero attached hydrogens (tertiary/aromatic N) is 1. The van der Waals surface area contributed by atoms with Crippen molar-refractivity contribution < 1.29 is 14.4 Å². The molecule has 0 saturated carbocycles. The summed E-state index contributed by atoms with van der Waals surface area (Å²) in [5.41, 5.74) is 0.413. The third-order valence-electron chi connectivity index (χ3n) is 2.05. The second kappa shape index (κ2) is 3.72. The van der Waals surface area contributed by atoms with Gasteiger partial charge in [0.05, 0.1) is 21.1 Å². The number of rotatable bonds is 3. The van der Waals surface area contributed by atoms with E-state index in [1.165, 1.54) is 0 Å². The highest BCUT2D eigenvalue weighted by Crippen LogP contribution is 2.06. The number of carboxylic acid groups (broad SMARTS) is 1. The molecule has 0 bridgehead atoms. The van der Waals surface area contributed by atoms with Crippen LogP contribution in [0.25, 0.3) is 0 Å². The van der Waals surface area contributed by atoms with E-state index in [9.17, 15) is 4.79 Å². The largest absolute Gasteiger partial charge is 0.478 e. The van der Waals surface area contributed by atoms with Gasteiger partial charge in [-0.25, -0.2) is 4.79 Å². The van der Waals surface area contributed by atoms with Crippen LogP contribution in [-0.2, 0) is 4.79 Å². The molecular weight excluding hydrogens is 154 g/mol. The Kier molecular flexibility index (Phi) is 3.46. The van der Waals surface area contributed by atoms with Crippen LogP contribution in [0, 0.1) is 0 Å². The number of quaternary nitrogens is 1. The summed E-state index contributed by atoms with van der Waals surface area (Å²) in [5.74, 6) is -0.838. The predicted molar refractivity (Wildman–Crippen MR) is 48.9 cm³/mol. The molecule has 0 aromatic heterocycles. The highest BCUT2D eigenvalue weighted by atomic mass is 16.4. The SMILES string of the molecule is C/C(=C\C(C)[N+](C)(C)C)C(=O)O. The maximum absolute atomic E-state index is 10.5. The maximum atomic E-state index is 10.5. The number of carbonyl (C=O) groups is 1. The Hall–Kier alpha value is -0.830. The molecule has 0 heterocycles. The van der Waals surface area contributed by atoms with Gasteiger partial charge in [-0.2, -0.15) is 0 Å². The van der Waals surface area contributed by atoms with E-state index in [1.54, 1.807) is 13.0 Å². The summed E-state index contributed by atoms with van der Waals surface area (Å²) in [6.45, 7) is 3.63.